The molecule has 3 rings (SSSR count). The van der Waals surface area contributed by atoms with Crippen molar-refractivity contribution in [3.05, 3.63) is 17.8 Å². The number of halogens is 1. The monoisotopic (exact) mass is 253 g/mol. The number of fused-ring (bicyclic) bond motifs is 1. The van der Waals surface area contributed by atoms with Crippen LogP contribution in [-0.4, -0.2) is 21.9 Å². The van der Waals surface area contributed by atoms with Gasteiger partial charge in [-0.2, -0.15) is 0 Å². The molecule has 1 unspecified atom stereocenters. The third kappa shape index (κ3) is 1.99. The minimum Gasteiger partial charge on any atom is -0.368 e. The van der Waals surface area contributed by atoms with Crippen LogP contribution in [0, 0.1) is 5.92 Å². The lowest BCUT2D eigenvalue weighted by atomic mass is 10.3. The number of rotatable bonds is 4. The van der Waals surface area contributed by atoms with Gasteiger partial charge in [-0.15, -0.1) is 22.9 Å². The molecule has 2 aromatic heterocycles. The summed E-state index contributed by atoms with van der Waals surface area (Å²) in [6, 6.07) is 2.04. The summed E-state index contributed by atoms with van der Waals surface area (Å²) in [6.45, 7) is 0.786. The van der Waals surface area contributed by atoms with E-state index in [9.17, 15) is 0 Å². The molecule has 0 radical (unpaired) electrons. The molecule has 1 aliphatic rings. The summed E-state index contributed by atoms with van der Waals surface area (Å²) in [5, 5.41) is 6.67. The Kier molecular flexibility index (Phi) is 2.69. The summed E-state index contributed by atoms with van der Waals surface area (Å²) in [4.78, 5) is 9.49. The Hall–Kier alpha value is -0.870. The normalized spacial score (nSPS) is 17.6. The number of nitrogens with one attached hydrogen (secondary N) is 1. The number of hydrogen-bond acceptors (Lipinski definition) is 4. The molecule has 0 amide bonds. The van der Waals surface area contributed by atoms with Crippen molar-refractivity contribution in [1.82, 2.24) is 9.97 Å². The first-order valence-corrected chi connectivity index (χ1v) is 6.72. The van der Waals surface area contributed by atoms with Gasteiger partial charge in [0, 0.05) is 6.54 Å². The van der Waals surface area contributed by atoms with Crippen molar-refractivity contribution in [3.8, 4) is 0 Å². The second kappa shape index (κ2) is 4.18. The maximum Gasteiger partial charge on any atom is 0.138 e. The Morgan fingerprint density at radius 3 is 3.19 bits per heavy atom. The molecule has 0 aromatic carbocycles. The summed E-state index contributed by atoms with van der Waals surface area (Å²) in [7, 11) is 0. The van der Waals surface area contributed by atoms with Crippen LogP contribution < -0.4 is 5.32 Å². The molecule has 1 aliphatic carbocycles. The number of nitrogens with zero attached hydrogens (tertiary/aromatic N) is 2. The highest BCUT2D eigenvalue weighted by Gasteiger charge is 2.29. The molecule has 84 valence electrons. The topological polar surface area (TPSA) is 37.8 Å². The van der Waals surface area contributed by atoms with E-state index in [1.165, 1.54) is 12.8 Å². The van der Waals surface area contributed by atoms with Crippen LogP contribution in [0.25, 0.3) is 10.2 Å². The van der Waals surface area contributed by atoms with Crippen LogP contribution in [0.5, 0.6) is 0 Å². The van der Waals surface area contributed by atoms with Gasteiger partial charge in [0.05, 0.1) is 10.8 Å². The van der Waals surface area contributed by atoms with Gasteiger partial charge in [-0.05, 0) is 30.2 Å². The van der Waals surface area contributed by atoms with Crippen molar-refractivity contribution < 1.29 is 0 Å². The van der Waals surface area contributed by atoms with Gasteiger partial charge in [0.15, 0.2) is 0 Å². The Labute approximate surface area is 103 Å². The van der Waals surface area contributed by atoms with Crippen LogP contribution >= 0.6 is 22.9 Å². The van der Waals surface area contributed by atoms with Crippen molar-refractivity contribution >= 4 is 39.0 Å². The fourth-order valence-corrected chi connectivity index (χ4v) is 2.81. The summed E-state index contributed by atoms with van der Waals surface area (Å²) in [6.07, 6.45) is 4.14. The molecule has 0 aliphatic heterocycles. The van der Waals surface area contributed by atoms with Crippen LogP contribution in [-0.2, 0) is 0 Å². The van der Waals surface area contributed by atoms with Gasteiger partial charge in [-0.25, -0.2) is 9.97 Å². The number of thiophene rings is 1. The summed E-state index contributed by atoms with van der Waals surface area (Å²) >= 11 is 7.88. The molecule has 0 spiro atoms. The number of hydrogen-bond donors (Lipinski definition) is 1. The first kappa shape index (κ1) is 10.3. The van der Waals surface area contributed by atoms with E-state index in [-0.39, 0.29) is 5.38 Å². The minimum absolute atomic E-state index is 0.226. The standard InChI is InChI=1S/C11H12ClN3S/c12-9(7-1-2-7)5-13-10-8-3-4-16-11(8)15-6-14-10/h3-4,6-7,9H,1-2,5H2,(H,13,14,15). The van der Waals surface area contributed by atoms with Gasteiger partial charge in [-0.3, -0.25) is 0 Å². The molecule has 16 heavy (non-hydrogen) atoms. The van der Waals surface area contributed by atoms with Gasteiger partial charge >= 0.3 is 0 Å². The average Bonchev–Trinajstić information content (AvgIpc) is 3.04. The molecule has 0 bridgehead atoms. The van der Waals surface area contributed by atoms with E-state index < -0.39 is 0 Å². The summed E-state index contributed by atoms with van der Waals surface area (Å²) < 4.78 is 0. The van der Waals surface area contributed by atoms with Crippen molar-refractivity contribution in [3.63, 3.8) is 0 Å². The third-order valence-corrected chi connectivity index (χ3v) is 4.19. The minimum atomic E-state index is 0.226. The molecule has 2 heterocycles. The summed E-state index contributed by atoms with van der Waals surface area (Å²) in [5.74, 6) is 1.60. The molecular weight excluding hydrogens is 242 g/mol. The quantitative estimate of drug-likeness (QED) is 0.851. The van der Waals surface area contributed by atoms with Crippen molar-refractivity contribution in [2.75, 3.05) is 11.9 Å². The number of alkyl halides is 1. The highest BCUT2D eigenvalue weighted by molar-refractivity contribution is 7.16. The van der Waals surface area contributed by atoms with Crippen LogP contribution in [0.1, 0.15) is 12.8 Å². The predicted octanol–water partition coefficient (Wildman–Crippen LogP) is 3.12. The van der Waals surface area contributed by atoms with E-state index in [0.29, 0.717) is 5.92 Å². The molecule has 2 aromatic rings. The van der Waals surface area contributed by atoms with E-state index >= 15 is 0 Å². The van der Waals surface area contributed by atoms with Crippen LogP contribution in [0.2, 0.25) is 0 Å². The van der Waals surface area contributed by atoms with Crippen molar-refractivity contribution in [2.45, 2.75) is 18.2 Å². The lowest BCUT2D eigenvalue weighted by Gasteiger charge is -2.10. The molecule has 5 heteroatoms. The molecule has 3 nitrogen and oxygen atoms in total. The SMILES string of the molecule is ClC(CNc1ncnc2sccc12)C1CC1. The Balaban J connectivity index is 1.75. The van der Waals surface area contributed by atoms with Gasteiger partial charge < -0.3 is 5.32 Å². The molecular formula is C11H12ClN3S. The average molecular weight is 254 g/mol. The summed E-state index contributed by atoms with van der Waals surface area (Å²) in [5.41, 5.74) is 0. The second-order valence-electron chi connectivity index (χ2n) is 4.10. The zero-order valence-corrected chi connectivity index (χ0v) is 10.3. The lowest BCUT2D eigenvalue weighted by Crippen LogP contribution is -2.16. The van der Waals surface area contributed by atoms with Gasteiger partial charge in [-0.1, -0.05) is 0 Å². The maximum absolute atomic E-state index is 6.25. The molecule has 1 saturated carbocycles. The smallest absolute Gasteiger partial charge is 0.138 e. The highest BCUT2D eigenvalue weighted by Crippen LogP contribution is 2.35. The second-order valence-corrected chi connectivity index (χ2v) is 5.55. The zero-order valence-electron chi connectivity index (χ0n) is 8.69. The lowest BCUT2D eigenvalue weighted by molar-refractivity contribution is 0.769. The molecule has 0 saturated heterocycles. The van der Waals surface area contributed by atoms with E-state index in [1.54, 1.807) is 17.7 Å². The molecule has 1 atom stereocenters. The van der Waals surface area contributed by atoms with Gasteiger partial charge in [0.2, 0.25) is 0 Å². The number of anilines is 1. The Morgan fingerprint density at radius 2 is 2.38 bits per heavy atom. The van der Waals surface area contributed by atoms with Crippen molar-refractivity contribution in [2.24, 2.45) is 5.92 Å². The van der Waals surface area contributed by atoms with E-state index in [0.717, 1.165) is 22.6 Å². The fourth-order valence-electron chi connectivity index (χ4n) is 1.75. The van der Waals surface area contributed by atoms with Gasteiger partial charge in [0.1, 0.15) is 17.0 Å². The van der Waals surface area contributed by atoms with E-state index in [2.05, 4.69) is 15.3 Å². The zero-order chi connectivity index (χ0) is 11.0. The maximum atomic E-state index is 6.25. The van der Waals surface area contributed by atoms with E-state index in [4.69, 9.17) is 11.6 Å². The van der Waals surface area contributed by atoms with Crippen LogP contribution in [0.4, 0.5) is 5.82 Å². The first-order chi connectivity index (χ1) is 7.84. The molecule has 1 N–H and O–H groups in total. The third-order valence-electron chi connectivity index (χ3n) is 2.86. The van der Waals surface area contributed by atoms with Crippen LogP contribution in [0.3, 0.4) is 0 Å². The first-order valence-electron chi connectivity index (χ1n) is 5.41. The predicted molar refractivity (Wildman–Crippen MR) is 68.3 cm³/mol. The Bertz CT molecular complexity index is 495. The van der Waals surface area contributed by atoms with Gasteiger partial charge in [0.25, 0.3) is 0 Å². The van der Waals surface area contributed by atoms with Crippen molar-refractivity contribution in [1.29, 1.82) is 0 Å². The largest absolute Gasteiger partial charge is 0.368 e. The Morgan fingerprint density at radius 1 is 1.50 bits per heavy atom. The highest BCUT2D eigenvalue weighted by atomic mass is 35.5. The molecule has 1 fully saturated rings. The van der Waals surface area contributed by atoms with E-state index in [1.807, 2.05) is 11.4 Å². The van der Waals surface area contributed by atoms with Crippen LogP contribution in [0.15, 0.2) is 17.8 Å². The fraction of sp³-hybridized carbons (Fsp3) is 0.455. The number of aromatic nitrogens is 2.